The van der Waals surface area contributed by atoms with Gasteiger partial charge >= 0.3 is 0 Å². The molecule has 1 spiro atoms. The van der Waals surface area contributed by atoms with Crippen LogP contribution in [0.15, 0.2) is 0 Å². The Labute approximate surface area is 102 Å². The predicted octanol–water partition coefficient (Wildman–Crippen LogP) is 2.04. The van der Waals surface area contributed by atoms with Crippen molar-refractivity contribution in [2.24, 2.45) is 11.3 Å². The van der Waals surface area contributed by atoms with Crippen molar-refractivity contribution in [3.8, 4) is 0 Å². The van der Waals surface area contributed by atoms with E-state index in [9.17, 15) is 0 Å². The van der Waals surface area contributed by atoms with Crippen molar-refractivity contribution in [3.63, 3.8) is 0 Å². The molecule has 0 aromatic heterocycles. The van der Waals surface area contributed by atoms with Crippen molar-refractivity contribution < 1.29 is 0 Å². The molecule has 0 aliphatic carbocycles. The van der Waals surface area contributed by atoms with Gasteiger partial charge in [0.1, 0.15) is 0 Å². The molecule has 0 N–H and O–H groups in total. The van der Waals surface area contributed by atoms with E-state index in [4.69, 9.17) is 0 Å². The number of rotatable bonds is 3. The second-order valence-corrected chi connectivity index (χ2v) is 6.38. The van der Waals surface area contributed by atoms with Gasteiger partial charge in [-0.25, -0.2) is 0 Å². The summed E-state index contributed by atoms with van der Waals surface area (Å²) < 4.78 is 0. The second-order valence-electron chi connectivity index (χ2n) is 5.73. The van der Waals surface area contributed by atoms with Crippen molar-refractivity contribution in [2.45, 2.75) is 19.8 Å². The van der Waals surface area contributed by atoms with Gasteiger partial charge in [-0.05, 0) is 44.3 Å². The third-order valence-electron chi connectivity index (χ3n) is 3.98. The molecule has 2 heterocycles. The molecule has 3 heteroatoms. The molecule has 0 aromatic rings. The molecule has 0 saturated carbocycles. The van der Waals surface area contributed by atoms with Crippen molar-refractivity contribution in [2.75, 3.05) is 45.1 Å². The Morgan fingerprint density at radius 2 is 2.00 bits per heavy atom. The van der Waals surface area contributed by atoms with Crippen LogP contribution in [0, 0.1) is 11.3 Å². The minimum absolute atomic E-state index is 0.654. The number of hydrogen-bond acceptors (Lipinski definition) is 2. The minimum Gasteiger partial charge on any atom is -0.306 e. The maximum Gasteiger partial charge on any atom is 0.00692 e. The van der Waals surface area contributed by atoms with Gasteiger partial charge < -0.3 is 9.80 Å². The first-order valence-electron chi connectivity index (χ1n) is 6.10. The largest absolute Gasteiger partial charge is 0.306 e. The summed E-state index contributed by atoms with van der Waals surface area (Å²) in [5.74, 6) is 0.791. The van der Waals surface area contributed by atoms with Crippen LogP contribution in [0.5, 0.6) is 0 Å². The van der Waals surface area contributed by atoms with E-state index in [-0.39, 0.29) is 0 Å². The summed E-state index contributed by atoms with van der Waals surface area (Å²) in [5.41, 5.74) is 0.654. The van der Waals surface area contributed by atoms with Gasteiger partial charge in [0.05, 0.1) is 0 Å². The fraction of sp³-hybridized carbons (Fsp3) is 1.00. The Kier molecular flexibility index (Phi) is 3.74. The zero-order chi connectivity index (χ0) is 10.9. The highest BCUT2D eigenvalue weighted by molar-refractivity contribution is 9.09. The van der Waals surface area contributed by atoms with E-state index in [0.717, 1.165) is 11.2 Å². The first-order valence-corrected chi connectivity index (χ1v) is 7.23. The van der Waals surface area contributed by atoms with Crippen LogP contribution in [-0.4, -0.2) is 54.9 Å². The topological polar surface area (TPSA) is 6.48 Å². The van der Waals surface area contributed by atoms with Gasteiger partial charge in [-0.2, -0.15) is 0 Å². The standard InChI is InChI=1S/C12H23BrN2/c1-11(7-13)8-15-6-4-12(10-15)3-5-14(2)9-12/h11H,3-10H2,1-2H3. The summed E-state index contributed by atoms with van der Waals surface area (Å²) >= 11 is 3.57. The van der Waals surface area contributed by atoms with E-state index in [1.807, 2.05) is 0 Å². The lowest BCUT2D eigenvalue weighted by Crippen LogP contribution is -2.32. The maximum atomic E-state index is 3.57. The zero-order valence-corrected chi connectivity index (χ0v) is 11.6. The highest BCUT2D eigenvalue weighted by atomic mass is 79.9. The monoisotopic (exact) mass is 274 g/mol. The van der Waals surface area contributed by atoms with Crippen molar-refractivity contribution in [1.29, 1.82) is 0 Å². The SMILES string of the molecule is CC(CBr)CN1CCC2(CCN(C)C2)C1. The van der Waals surface area contributed by atoms with E-state index < -0.39 is 0 Å². The van der Waals surface area contributed by atoms with Gasteiger partial charge in [-0.1, -0.05) is 22.9 Å². The molecule has 2 atom stereocenters. The zero-order valence-electron chi connectivity index (χ0n) is 10.0. The molecular weight excluding hydrogens is 252 g/mol. The first-order chi connectivity index (χ1) is 7.13. The highest BCUT2D eigenvalue weighted by Gasteiger charge is 2.42. The second kappa shape index (κ2) is 4.72. The highest BCUT2D eigenvalue weighted by Crippen LogP contribution is 2.38. The minimum atomic E-state index is 0.654. The van der Waals surface area contributed by atoms with E-state index >= 15 is 0 Å². The Hall–Kier alpha value is 0.400. The van der Waals surface area contributed by atoms with Crippen molar-refractivity contribution >= 4 is 15.9 Å². The molecule has 0 radical (unpaired) electrons. The summed E-state index contributed by atoms with van der Waals surface area (Å²) in [6.07, 6.45) is 2.84. The average molecular weight is 275 g/mol. The Bertz CT molecular complexity index is 222. The van der Waals surface area contributed by atoms with Crippen molar-refractivity contribution in [1.82, 2.24) is 9.80 Å². The molecular formula is C12H23BrN2. The number of likely N-dealkylation sites (tertiary alicyclic amines) is 2. The lowest BCUT2D eigenvalue weighted by molar-refractivity contribution is 0.240. The Morgan fingerprint density at radius 3 is 2.60 bits per heavy atom. The fourth-order valence-electron chi connectivity index (χ4n) is 3.16. The molecule has 15 heavy (non-hydrogen) atoms. The molecule has 0 amide bonds. The first kappa shape index (κ1) is 11.9. The Balaban J connectivity index is 1.84. The van der Waals surface area contributed by atoms with Crippen molar-refractivity contribution in [3.05, 3.63) is 0 Å². The molecule has 2 fully saturated rings. The van der Waals surface area contributed by atoms with Crippen LogP contribution in [0.1, 0.15) is 19.8 Å². The third kappa shape index (κ3) is 2.75. The van der Waals surface area contributed by atoms with Gasteiger partial charge in [-0.3, -0.25) is 0 Å². The number of nitrogens with zero attached hydrogens (tertiary/aromatic N) is 2. The molecule has 0 bridgehead atoms. The molecule has 2 unspecified atom stereocenters. The lowest BCUT2D eigenvalue weighted by atomic mass is 9.86. The van der Waals surface area contributed by atoms with E-state index in [0.29, 0.717) is 5.41 Å². The van der Waals surface area contributed by atoms with Crippen LogP contribution in [0.25, 0.3) is 0 Å². The van der Waals surface area contributed by atoms with Crippen LogP contribution >= 0.6 is 15.9 Å². The summed E-state index contributed by atoms with van der Waals surface area (Å²) in [4.78, 5) is 5.17. The van der Waals surface area contributed by atoms with Gasteiger partial charge in [-0.15, -0.1) is 0 Å². The molecule has 2 nitrogen and oxygen atoms in total. The van der Waals surface area contributed by atoms with Gasteiger partial charge in [0, 0.05) is 25.0 Å². The van der Waals surface area contributed by atoms with Gasteiger partial charge in [0.25, 0.3) is 0 Å². The van der Waals surface area contributed by atoms with E-state index in [1.54, 1.807) is 0 Å². The summed E-state index contributed by atoms with van der Waals surface area (Å²) in [5, 5.41) is 1.14. The lowest BCUT2D eigenvalue weighted by Gasteiger charge is -2.25. The van der Waals surface area contributed by atoms with Crippen LogP contribution in [-0.2, 0) is 0 Å². The fourth-order valence-corrected chi connectivity index (χ4v) is 3.37. The van der Waals surface area contributed by atoms with Gasteiger partial charge in [0.15, 0.2) is 0 Å². The molecule has 2 rings (SSSR count). The summed E-state index contributed by atoms with van der Waals surface area (Å²) in [7, 11) is 2.26. The van der Waals surface area contributed by atoms with Crippen LogP contribution in [0.3, 0.4) is 0 Å². The van der Waals surface area contributed by atoms with Crippen LogP contribution in [0.2, 0.25) is 0 Å². The number of alkyl halides is 1. The number of halogens is 1. The van der Waals surface area contributed by atoms with Gasteiger partial charge in [0.2, 0.25) is 0 Å². The average Bonchev–Trinajstić information content (AvgIpc) is 2.75. The molecule has 0 aromatic carbocycles. The van der Waals surface area contributed by atoms with E-state index in [2.05, 4.69) is 39.7 Å². The molecule has 2 aliphatic rings. The summed E-state index contributed by atoms with van der Waals surface area (Å²) in [6, 6.07) is 0. The molecule has 2 saturated heterocycles. The Morgan fingerprint density at radius 1 is 1.27 bits per heavy atom. The summed E-state index contributed by atoms with van der Waals surface area (Å²) in [6.45, 7) is 8.91. The quantitative estimate of drug-likeness (QED) is 0.727. The predicted molar refractivity (Wildman–Crippen MR) is 68.6 cm³/mol. The normalized spacial score (nSPS) is 35.4. The van der Waals surface area contributed by atoms with Crippen LogP contribution in [0.4, 0.5) is 0 Å². The maximum absolute atomic E-state index is 3.57. The number of hydrogen-bond donors (Lipinski definition) is 0. The molecule has 2 aliphatic heterocycles. The van der Waals surface area contributed by atoms with E-state index in [1.165, 1.54) is 45.6 Å². The smallest absolute Gasteiger partial charge is 0.00692 e. The van der Waals surface area contributed by atoms with Crippen LogP contribution < -0.4 is 0 Å². The molecule has 88 valence electrons. The third-order valence-corrected chi connectivity index (χ3v) is 5.09.